The predicted octanol–water partition coefficient (Wildman–Crippen LogP) is 3.91. The lowest BCUT2D eigenvalue weighted by molar-refractivity contribution is -0.384. The molecule has 3 aromatic rings. The fourth-order valence-electron chi connectivity index (χ4n) is 2.40. The summed E-state index contributed by atoms with van der Waals surface area (Å²) in [5, 5.41) is 22.7. The number of nitrogens with two attached hydrogens (primary N) is 1. The van der Waals surface area contributed by atoms with Crippen LogP contribution in [-0.4, -0.2) is 31.5 Å². The number of thioether (sulfide) groups is 1. The Hall–Kier alpha value is -2.82. The van der Waals surface area contributed by atoms with E-state index in [1.165, 1.54) is 16.8 Å². The lowest BCUT2D eigenvalue weighted by Crippen LogP contribution is -2.17. The zero-order valence-electron chi connectivity index (χ0n) is 14.9. The van der Waals surface area contributed by atoms with E-state index in [1.807, 2.05) is 0 Å². The Bertz CT molecular complexity index is 1100. The van der Waals surface area contributed by atoms with E-state index in [1.54, 1.807) is 31.2 Å². The standard InChI is InChI=1S/C17H14Cl2N6O3S/c1-9-2-4-11(25(27)28)7-14(9)21-15(26)8-29-17-23-22-16(24(17)20)12-5-3-10(18)6-13(12)19/h2-7H,8,20H2,1H3,(H,21,26). The maximum Gasteiger partial charge on any atom is 0.271 e. The minimum absolute atomic E-state index is 0.0220. The van der Waals surface area contributed by atoms with E-state index in [0.717, 1.165) is 11.8 Å². The van der Waals surface area contributed by atoms with Gasteiger partial charge < -0.3 is 11.2 Å². The Labute approximate surface area is 179 Å². The van der Waals surface area contributed by atoms with E-state index >= 15 is 0 Å². The molecule has 0 atom stereocenters. The molecule has 150 valence electrons. The number of rotatable bonds is 6. The molecule has 0 saturated carbocycles. The highest BCUT2D eigenvalue weighted by Gasteiger charge is 2.17. The lowest BCUT2D eigenvalue weighted by atomic mass is 10.2. The number of halogens is 2. The second kappa shape index (κ2) is 8.68. The number of nitro groups is 1. The molecule has 0 aliphatic carbocycles. The van der Waals surface area contributed by atoms with Crippen molar-refractivity contribution in [3.8, 4) is 11.4 Å². The first-order valence-electron chi connectivity index (χ1n) is 8.10. The summed E-state index contributed by atoms with van der Waals surface area (Å²) in [5.41, 5.74) is 1.52. The average Bonchev–Trinajstić information content (AvgIpc) is 3.02. The van der Waals surface area contributed by atoms with Crippen molar-refractivity contribution >= 4 is 52.2 Å². The van der Waals surface area contributed by atoms with E-state index in [4.69, 9.17) is 29.0 Å². The lowest BCUT2D eigenvalue weighted by Gasteiger charge is -2.08. The smallest absolute Gasteiger partial charge is 0.271 e. The highest BCUT2D eigenvalue weighted by atomic mass is 35.5. The number of amides is 1. The third-order valence-corrected chi connectivity index (χ3v) is 5.37. The molecule has 29 heavy (non-hydrogen) atoms. The number of nitrogens with one attached hydrogen (secondary N) is 1. The number of nitro benzene ring substituents is 1. The van der Waals surface area contributed by atoms with Crippen LogP contribution in [-0.2, 0) is 4.79 Å². The van der Waals surface area contributed by atoms with Crippen molar-refractivity contribution in [2.75, 3.05) is 16.9 Å². The van der Waals surface area contributed by atoms with Crippen LogP contribution in [0.25, 0.3) is 11.4 Å². The van der Waals surface area contributed by atoms with Gasteiger partial charge in [-0.2, -0.15) is 0 Å². The van der Waals surface area contributed by atoms with Crippen molar-refractivity contribution in [1.29, 1.82) is 0 Å². The van der Waals surface area contributed by atoms with Gasteiger partial charge in [0.2, 0.25) is 11.1 Å². The van der Waals surface area contributed by atoms with Crippen LogP contribution in [0.3, 0.4) is 0 Å². The number of nitrogens with zero attached hydrogens (tertiary/aromatic N) is 4. The van der Waals surface area contributed by atoms with Crippen molar-refractivity contribution in [3.63, 3.8) is 0 Å². The molecule has 9 nitrogen and oxygen atoms in total. The Kier molecular flexibility index (Phi) is 6.26. The fraction of sp³-hybridized carbons (Fsp3) is 0.118. The first-order chi connectivity index (χ1) is 13.8. The fourth-order valence-corrected chi connectivity index (χ4v) is 3.55. The Balaban J connectivity index is 1.69. The monoisotopic (exact) mass is 452 g/mol. The number of carbonyl (C=O) groups excluding carboxylic acids is 1. The number of hydrogen-bond donors (Lipinski definition) is 2. The summed E-state index contributed by atoms with van der Waals surface area (Å²) < 4.78 is 1.23. The van der Waals surface area contributed by atoms with E-state index in [9.17, 15) is 14.9 Å². The van der Waals surface area contributed by atoms with Crippen LogP contribution < -0.4 is 11.2 Å². The number of hydrogen-bond acceptors (Lipinski definition) is 7. The number of aryl methyl sites for hydroxylation is 1. The van der Waals surface area contributed by atoms with Crippen LogP contribution >= 0.6 is 35.0 Å². The third-order valence-electron chi connectivity index (χ3n) is 3.87. The largest absolute Gasteiger partial charge is 0.335 e. The van der Waals surface area contributed by atoms with E-state index < -0.39 is 4.92 Å². The number of nitrogen functional groups attached to an aromatic ring is 1. The summed E-state index contributed by atoms with van der Waals surface area (Å²) in [7, 11) is 0. The zero-order chi connectivity index (χ0) is 21.1. The highest BCUT2D eigenvalue weighted by molar-refractivity contribution is 7.99. The summed E-state index contributed by atoms with van der Waals surface area (Å²) in [6.07, 6.45) is 0. The van der Waals surface area contributed by atoms with Crippen molar-refractivity contribution in [3.05, 3.63) is 62.1 Å². The molecule has 0 unspecified atom stereocenters. The number of anilines is 1. The van der Waals surface area contributed by atoms with Gasteiger partial charge in [-0.05, 0) is 30.7 Å². The molecule has 0 radical (unpaired) electrons. The van der Waals surface area contributed by atoms with Crippen LogP contribution in [0.15, 0.2) is 41.6 Å². The summed E-state index contributed by atoms with van der Waals surface area (Å²) in [4.78, 5) is 22.6. The molecule has 0 saturated heterocycles. The topological polar surface area (TPSA) is 129 Å². The van der Waals surface area contributed by atoms with Gasteiger partial charge in [-0.3, -0.25) is 14.9 Å². The number of carbonyl (C=O) groups is 1. The number of benzene rings is 2. The molecule has 3 rings (SSSR count). The van der Waals surface area contributed by atoms with Crippen LogP contribution in [0.1, 0.15) is 5.56 Å². The molecule has 0 aliphatic heterocycles. The molecule has 12 heteroatoms. The van der Waals surface area contributed by atoms with E-state index in [-0.39, 0.29) is 17.3 Å². The Morgan fingerprint density at radius 1 is 1.28 bits per heavy atom. The molecular weight excluding hydrogens is 439 g/mol. The maximum atomic E-state index is 12.3. The van der Waals surface area contributed by atoms with Crippen LogP contribution in [0.2, 0.25) is 10.0 Å². The third kappa shape index (κ3) is 4.78. The van der Waals surface area contributed by atoms with Gasteiger partial charge in [-0.25, -0.2) is 4.68 Å². The van der Waals surface area contributed by atoms with E-state index in [2.05, 4.69) is 15.5 Å². The predicted molar refractivity (Wildman–Crippen MR) is 113 cm³/mol. The van der Waals surface area contributed by atoms with Crippen LogP contribution in [0, 0.1) is 17.0 Å². The van der Waals surface area contributed by atoms with Gasteiger partial charge in [0.15, 0.2) is 5.82 Å². The molecule has 0 spiro atoms. The van der Waals surface area contributed by atoms with Gasteiger partial charge in [-0.15, -0.1) is 10.2 Å². The van der Waals surface area contributed by atoms with Gasteiger partial charge in [0, 0.05) is 22.7 Å². The SMILES string of the molecule is Cc1ccc([N+](=O)[O-])cc1NC(=O)CSc1nnc(-c2ccc(Cl)cc2Cl)n1N. The maximum absolute atomic E-state index is 12.3. The number of non-ortho nitro benzene ring substituents is 1. The minimum atomic E-state index is -0.524. The van der Waals surface area contributed by atoms with E-state index in [0.29, 0.717) is 37.8 Å². The van der Waals surface area contributed by atoms with Crippen LogP contribution in [0.4, 0.5) is 11.4 Å². The normalized spacial score (nSPS) is 10.7. The second-order valence-corrected chi connectivity index (χ2v) is 7.68. The summed E-state index contributed by atoms with van der Waals surface area (Å²) >= 11 is 13.1. The molecule has 1 heterocycles. The molecular formula is C17H14Cl2N6O3S. The first-order valence-corrected chi connectivity index (χ1v) is 9.84. The Morgan fingerprint density at radius 2 is 2.03 bits per heavy atom. The summed E-state index contributed by atoms with van der Waals surface area (Å²) in [6.45, 7) is 1.74. The van der Waals surface area contributed by atoms with Crippen molar-refractivity contribution < 1.29 is 9.72 Å². The van der Waals surface area contributed by atoms with Gasteiger partial charge in [0.1, 0.15) is 0 Å². The Morgan fingerprint density at radius 3 is 2.72 bits per heavy atom. The molecule has 0 aliphatic rings. The molecule has 1 aromatic heterocycles. The molecule has 3 N–H and O–H groups in total. The van der Waals surface area contributed by atoms with Gasteiger partial charge >= 0.3 is 0 Å². The summed E-state index contributed by atoms with van der Waals surface area (Å²) in [6, 6.07) is 9.14. The van der Waals surface area contributed by atoms with Gasteiger partial charge in [0.25, 0.3) is 5.69 Å². The molecule has 0 bridgehead atoms. The molecule has 2 aromatic carbocycles. The quantitative estimate of drug-likeness (QED) is 0.251. The number of aromatic nitrogens is 3. The van der Waals surface area contributed by atoms with Crippen molar-refractivity contribution in [2.45, 2.75) is 12.1 Å². The second-order valence-electron chi connectivity index (χ2n) is 5.89. The molecule has 0 fully saturated rings. The summed E-state index contributed by atoms with van der Waals surface area (Å²) in [5.74, 6) is 5.96. The van der Waals surface area contributed by atoms with Gasteiger partial charge in [-0.1, -0.05) is 41.0 Å². The van der Waals surface area contributed by atoms with Crippen molar-refractivity contribution in [2.24, 2.45) is 0 Å². The highest BCUT2D eigenvalue weighted by Crippen LogP contribution is 2.30. The average molecular weight is 453 g/mol. The van der Waals surface area contributed by atoms with Gasteiger partial charge in [0.05, 0.1) is 21.4 Å². The first kappa shape index (κ1) is 20.9. The van der Waals surface area contributed by atoms with Crippen molar-refractivity contribution in [1.82, 2.24) is 14.9 Å². The molecule has 1 amide bonds. The minimum Gasteiger partial charge on any atom is -0.335 e. The zero-order valence-corrected chi connectivity index (χ0v) is 17.3. The van der Waals surface area contributed by atoms with Crippen LogP contribution in [0.5, 0.6) is 0 Å².